The van der Waals surface area contributed by atoms with E-state index in [0.29, 0.717) is 25.2 Å². The number of anilines is 1. The molecule has 3 fully saturated rings. The van der Waals surface area contributed by atoms with Crippen LogP contribution in [0, 0.1) is 18.8 Å². The monoisotopic (exact) mass is 571 g/mol. The molecule has 1 N–H and O–H groups in total. The van der Waals surface area contributed by atoms with Crippen molar-refractivity contribution in [3.8, 4) is 17.1 Å². The van der Waals surface area contributed by atoms with Crippen LogP contribution in [0.5, 0.6) is 0 Å². The van der Waals surface area contributed by atoms with Crippen LogP contribution in [0.2, 0.25) is 0 Å². The number of nitrogens with one attached hydrogen (secondary N) is 1. The van der Waals surface area contributed by atoms with Gasteiger partial charge in [-0.2, -0.15) is 0 Å². The minimum absolute atomic E-state index is 0.0190. The van der Waals surface area contributed by atoms with Gasteiger partial charge >= 0.3 is 5.69 Å². The summed E-state index contributed by atoms with van der Waals surface area (Å²) >= 11 is 0. The molecule has 7 nitrogen and oxygen atoms in total. The third-order valence-electron chi connectivity index (χ3n) is 10.1. The molecule has 6 rings (SSSR count). The Hall–Kier alpha value is -2.93. The van der Waals surface area contributed by atoms with Gasteiger partial charge in [-0.1, -0.05) is 69.9 Å². The number of hydrogen-bond acceptors (Lipinski definition) is 5. The normalized spacial score (nSPS) is 23.5. The van der Waals surface area contributed by atoms with E-state index in [9.17, 15) is 4.79 Å². The fourth-order valence-electron chi connectivity index (χ4n) is 7.69. The van der Waals surface area contributed by atoms with Crippen LogP contribution in [0.3, 0.4) is 0 Å². The lowest BCUT2D eigenvalue weighted by Crippen LogP contribution is -2.30. The quantitative estimate of drug-likeness (QED) is 0.326. The van der Waals surface area contributed by atoms with Gasteiger partial charge in [0.2, 0.25) is 5.95 Å². The van der Waals surface area contributed by atoms with Gasteiger partial charge in [-0.3, -0.25) is 9.13 Å². The molecule has 0 spiro atoms. The molecular formula is C35H49N5O2. The molecule has 1 aliphatic heterocycles. The van der Waals surface area contributed by atoms with Crippen LogP contribution in [-0.2, 0) is 4.74 Å². The van der Waals surface area contributed by atoms with Crippen molar-refractivity contribution in [2.75, 3.05) is 18.5 Å². The molecule has 226 valence electrons. The van der Waals surface area contributed by atoms with Crippen LogP contribution in [-0.4, -0.2) is 38.4 Å². The summed E-state index contributed by atoms with van der Waals surface area (Å²) in [5.74, 6) is 2.46. The Morgan fingerprint density at radius 2 is 1.52 bits per heavy atom. The highest BCUT2D eigenvalue weighted by molar-refractivity contribution is 5.59. The Kier molecular flexibility index (Phi) is 9.74. The zero-order chi connectivity index (χ0) is 28.7. The maximum atomic E-state index is 13.8. The Morgan fingerprint density at radius 3 is 2.24 bits per heavy atom. The van der Waals surface area contributed by atoms with Crippen LogP contribution in [0.15, 0.2) is 47.5 Å². The maximum Gasteiger partial charge on any atom is 0.333 e. The molecule has 1 saturated heterocycles. The summed E-state index contributed by atoms with van der Waals surface area (Å²) in [6.45, 7) is 3.43. The number of rotatable bonds is 6. The topological polar surface area (TPSA) is 74.0 Å². The largest absolute Gasteiger partial charge is 0.381 e. The molecule has 42 heavy (non-hydrogen) atoms. The first-order valence-corrected chi connectivity index (χ1v) is 16.7. The fraction of sp³-hybridized carbons (Fsp3) is 0.629. The molecule has 0 radical (unpaired) electrons. The van der Waals surface area contributed by atoms with E-state index in [-0.39, 0.29) is 11.7 Å². The van der Waals surface area contributed by atoms with E-state index in [4.69, 9.17) is 9.72 Å². The maximum absolute atomic E-state index is 13.8. The van der Waals surface area contributed by atoms with Crippen molar-refractivity contribution >= 4 is 5.95 Å². The predicted octanol–water partition coefficient (Wildman–Crippen LogP) is 7.87. The molecule has 3 heterocycles. The Labute approximate surface area is 251 Å². The van der Waals surface area contributed by atoms with Crippen molar-refractivity contribution in [2.45, 2.75) is 115 Å². The second-order valence-corrected chi connectivity index (χ2v) is 13.1. The van der Waals surface area contributed by atoms with Gasteiger partial charge in [0.1, 0.15) is 0 Å². The summed E-state index contributed by atoms with van der Waals surface area (Å²) in [5.41, 5.74) is 3.55. The van der Waals surface area contributed by atoms with Gasteiger partial charge < -0.3 is 10.1 Å². The van der Waals surface area contributed by atoms with Gasteiger partial charge in [-0.05, 0) is 81.0 Å². The molecule has 0 unspecified atom stereocenters. The number of imidazole rings is 1. The molecule has 1 aromatic carbocycles. The van der Waals surface area contributed by atoms with Crippen molar-refractivity contribution in [1.29, 1.82) is 0 Å². The molecular weight excluding hydrogens is 522 g/mol. The average molecular weight is 572 g/mol. The summed E-state index contributed by atoms with van der Waals surface area (Å²) < 4.78 is 9.30. The third kappa shape index (κ3) is 6.99. The highest BCUT2D eigenvalue weighted by Gasteiger charge is 2.28. The number of aryl methyl sites for hydroxylation is 1. The number of aromatic nitrogens is 4. The summed E-state index contributed by atoms with van der Waals surface area (Å²) in [5, 5.41) is 3.68. The van der Waals surface area contributed by atoms with E-state index < -0.39 is 0 Å². The number of benzene rings is 1. The van der Waals surface area contributed by atoms with E-state index >= 15 is 0 Å². The van der Waals surface area contributed by atoms with Crippen LogP contribution >= 0.6 is 0 Å². The van der Waals surface area contributed by atoms with E-state index in [1.807, 2.05) is 39.7 Å². The fourth-order valence-corrected chi connectivity index (χ4v) is 7.69. The molecule has 2 saturated carbocycles. The first kappa shape index (κ1) is 29.2. The molecule has 0 atom stereocenters. The molecule has 7 heteroatoms. The first-order chi connectivity index (χ1) is 20.7. The summed E-state index contributed by atoms with van der Waals surface area (Å²) in [4.78, 5) is 23.4. The Balaban J connectivity index is 1.18. The van der Waals surface area contributed by atoms with E-state index in [1.165, 1.54) is 83.5 Å². The van der Waals surface area contributed by atoms with Crippen molar-refractivity contribution in [1.82, 2.24) is 19.1 Å². The molecule has 3 aliphatic rings. The molecule has 0 amide bonds. The van der Waals surface area contributed by atoms with Crippen LogP contribution in [0.25, 0.3) is 17.1 Å². The van der Waals surface area contributed by atoms with Gasteiger partial charge in [0.05, 0.1) is 17.1 Å². The van der Waals surface area contributed by atoms with Gasteiger partial charge in [-0.25, -0.2) is 14.8 Å². The second-order valence-electron chi connectivity index (χ2n) is 13.1. The van der Waals surface area contributed by atoms with Gasteiger partial charge in [0.15, 0.2) is 0 Å². The van der Waals surface area contributed by atoms with Crippen molar-refractivity contribution < 1.29 is 4.74 Å². The van der Waals surface area contributed by atoms with Crippen molar-refractivity contribution in [3.63, 3.8) is 0 Å². The zero-order valence-electron chi connectivity index (χ0n) is 25.5. The van der Waals surface area contributed by atoms with Gasteiger partial charge in [-0.15, -0.1) is 0 Å². The molecule has 2 aliphatic carbocycles. The molecule has 2 aromatic heterocycles. The standard InChI is InChI=1S/C35H49N5O2/c1-26-10-9-13-31(24-26)40-33(25-39(35(40)41)30-19-22-42-23-20-30)32-18-21-36-34(38-32)37-29-16-14-28(15-17-29)27-11-7-5-3-2-4-6-8-12-27/h9-10,13,18,21,24-25,27-30H,2-8,11-12,14-17,19-20,22-23H2,1H3,(H,36,37,38). The smallest absolute Gasteiger partial charge is 0.333 e. The number of hydrogen-bond donors (Lipinski definition) is 1. The molecule has 3 aromatic rings. The minimum Gasteiger partial charge on any atom is -0.381 e. The lowest BCUT2D eigenvalue weighted by Gasteiger charge is -2.35. The lowest BCUT2D eigenvalue weighted by atomic mass is 9.74. The first-order valence-electron chi connectivity index (χ1n) is 16.7. The Bertz CT molecular complexity index is 1340. The highest BCUT2D eigenvalue weighted by atomic mass is 16.5. The van der Waals surface area contributed by atoms with Crippen LogP contribution in [0.4, 0.5) is 5.95 Å². The van der Waals surface area contributed by atoms with Crippen molar-refractivity contribution in [2.24, 2.45) is 11.8 Å². The lowest BCUT2D eigenvalue weighted by molar-refractivity contribution is 0.0686. The van der Waals surface area contributed by atoms with Crippen LogP contribution in [0.1, 0.15) is 108 Å². The Morgan fingerprint density at radius 1 is 0.833 bits per heavy atom. The summed E-state index contributed by atoms with van der Waals surface area (Å²) in [6.07, 6.45) is 23.4. The van der Waals surface area contributed by atoms with Crippen molar-refractivity contribution in [3.05, 3.63) is 58.8 Å². The van der Waals surface area contributed by atoms with Gasteiger partial charge in [0, 0.05) is 37.7 Å². The average Bonchev–Trinajstić information content (AvgIpc) is 3.38. The van der Waals surface area contributed by atoms with Gasteiger partial charge in [0.25, 0.3) is 0 Å². The van der Waals surface area contributed by atoms with E-state index in [2.05, 4.69) is 29.4 Å². The zero-order valence-corrected chi connectivity index (χ0v) is 25.5. The SMILES string of the molecule is Cc1cccc(-n2c(-c3ccnc(NC4CCC(C5CCCCCCCCC5)CC4)n3)cn(C3CCOCC3)c2=O)c1. The number of ether oxygens (including phenoxy) is 1. The number of nitrogens with zero attached hydrogens (tertiary/aromatic N) is 4. The third-order valence-corrected chi connectivity index (χ3v) is 10.1. The minimum atomic E-state index is -0.0190. The van der Waals surface area contributed by atoms with Crippen LogP contribution < -0.4 is 11.0 Å². The second kappa shape index (κ2) is 14.0. The predicted molar refractivity (Wildman–Crippen MR) is 169 cm³/mol. The summed E-state index contributed by atoms with van der Waals surface area (Å²) in [6, 6.07) is 10.6. The molecule has 0 bridgehead atoms. The highest BCUT2D eigenvalue weighted by Crippen LogP contribution is 2.37. The van der Waals surface area contributed by atoms with E-state index in [0.717, 1.165) is 47.3 Å². The van der Waals surface area contributed by atoms with E-state index in [1.54, 1.807) is 0 Å². The summed E-state index contributed by atoms with van der Waals surface area (Å²) in [7, 11) is 0.